The van der Waals surface area contributed by atoms with Crippen molar-refractivity contribution in [1.29, 1.82) is 0 Å². The minimum atomic E-state index is -2.00. The van der Waals surface area contributed by atoms with Crippen molar-refractivity contribution in [3.63, 3.8) is 0 Å². The molecule has 0 unspecified atom stereocenters. The first-order valence-corrected chi connectivity index (χ1v) is 8.92. The Labute approximate surface area is 112 Å². The summed E-state index contributed by atoms with van der Waals surface area (Å²) >= 11 is 0. The summed E-state index contributed by atoms with van der Waals surface area (Å²) in [5, 5.41) is 0. The highest BCUT2D eigenvalue weighted by atomic mass is 28.4. The summed E-state index contributed by atoms with van der Waals surface area (Å²) in [6.45, 7) is 11.5. The van der Waals surface area contributed by atoms with Gasteiger partial charge in [-0.25, -0.2) is 0 Å². The maximum atomic E-state index is 6.17. The van der Waals surface area contributed by atoms with Crippen molar-refractivity contribution in [2.75, 3.05) is 6.61 Å². The summed E-state index contributed by atoms with van der Waals surface area (Å²) in [6.07, 6.45) is 1.88. The predicted octanol–water partition coefficient (Wildman–Crippen LogP) is 4.36. The molecule has 0 aliphatic carbocycles. The highest BCUT2D eigenvalue weighted by Crippen LogP contribution is 2.21. The van der Waals surface area contributed by atoms with Crippen LogP contribution < -0.4 is 0 Å². The molecule has 0 N–H and O–H groups in total. The van der Waals surface area contributed by atoms with Crippen LogP contribution in [0.25, 0.3) is 6.08 Å². The number of hydrogen-bond acceptors (Lipinski definition) is 2. The summed E-state index contributed by atoms with van der Waals surface area (Å²) < 4.78 is 12.1. The van der Waals surface area contributed by atoms with E-state index in [2.05, 4.69) is 32.6 Å². The van der Waals surface area contributed by atoms with Crippen LogP contribution in [-0.2, 0) is 15.5 Å². The number of hydrogen-bond donors (Lipinski definition) is 0. The Morgan fingerprint density at radius 2 is 1.78 bits per heavy atom. The van der Waals surface area contributed by atoms with E-state index in [0.717, 1.165) is 24.3 Å². The molecule has 1 rings (SSSR count). The lowest BCUT2D eigenvalue weighted by molar-refractivity contribution is 0.168. The van der Waals surface area contributed by atoms with E-state index in [1.54, 1.807) is 0 Å². The topological polar surface area (TPSA) is 18.5 Å². The zero-order chi connectivity index (χ0) is 13.4. The van der Waals surface area contributed by atoms with Crippen molar-refractivity contribution in [3.05, 3.63) is 42.0 Å². The average Bonchev–Trinajstić information content (AvgIpc) is 2.44. The lowest BCUT2D eigenvalue weighted by Gasteiger charge is -2.28. The summed E-state index contributed by atoms with van der Waals surface area (Å²) in [7, 11) is -2.00. The molecular formula is C15H24O2Si. The van der Waals surface area contributed by atoms with Gasteiger partial charge < -0.3 is 8.85 Å². The van der Waals surface area contributed by atoms with Crippen molar-refractivity contribution < 1.29 is 8.85 Å². The Morgan fingerprint density at radius 1 is 1.11 bits per heavy atom. The van der Waals surface area contributed by atoms with E-state index in [1.807, 2.05) is 25.1 Å². The van der Waals surface area contributed by atoms with E-state index in [9.17, 15) is 0 Å². The molecule has 0 aliphatic rings. The molecule has 18 heavy (non-hydrogen) atoms. The monoisotopic (exact) mass is 264 g/mol. The van der Waals surface area contributed by atoms with Gasteiger partial charge in [0.15, 0.2) is 0 Å². The Hall–Kier alpha value is -0.903. The Balaban J connectivity index is 2.75. The van der Waals surface area contributed by atoms with E-state index in [-0.39, 0.29) is 0 Å². The summed E-state index contributed by atoms with van der Waals surface area (Å²) in [5.41, 5.74) is 2.33. The van der Waals surface area contributed by atoms with Crippen LogP contribution in [0.1, 0.15) is 31.9 Å². The molecule has 3 heteroatoms. The lowest BCUT2D eigenvalue weighted by Crippen LogP contribution is -2.40. The predicted molar refractivity (Wildman–Crippen MR) is 79.7 cm³/mol. The second-order valence-corrected chi connectivity index (χ2v) is 8.06. The van der Waals surface area contributed by atoms with E-state index >= 15 is 0 Å². The van der Waals surface area contributed by atoms with Crippen LogP contribution in [0, 0.1) is 0 Å². The zero-order valence-corrected chi connectivity index (χ0v) is 12.7. The molecule has 0 bridgehead atoms. The summed E-state index contributed by atoms with van der Waals surface area (Å²) in [6, 6.07) is 10.2. The van der Waals surface area contributed by atoms with Crippen LogP contribution >= 0.6 is 0 Å². The molecule has 0 saturated heterocycles. The van der Waals surface area contributed by atoms with Gasteiger partial charge in [0.25, 0.3) is 0 Å². The second kappa shape index (κ2) is 7.51. The molecule has 100 valence electrons. The van der Waals surface area contributed by atoms with Crippen molar-refractivity contribution in [1.82, 2.24) is 0 Å². The zero-order valence-electron chi connectivity index (χ0n) is 11.7. The van der Waals surface area contributed by atoms with E-state index in [0.29, 0.717) is 6.61 Å². The molecule has 0 atom stereocenters. The molecule has 0 amide bonds. The molecule has 0 spiro atoms. The molecule has 0 aliphatic heterocycles. The first kappa shape index (κ1) is 15.2. The fourth-order valence-electron chi connectivity index (χ4n) is 2.04. The smallest absolute Gasteiger partial charge is 0.337 e. The summed E-state index contributed by atoms with van der Waals surface area (Å²) in [5.74, 6) is 0. The first-order valence-electron chi connectivity index (χ1n) is 6.69. The number of rotatable bonds is 8. The normalized spacial score (nSPS) is 11.5. The summed E-state index contributed by atoms with van der Waals surface area (Å²) in [4.78, 5) is 0. The first-order chi connectivity index (χ1) is 8.71. The quantitative estimate of drug-likeness (QED) is 0.649. The molecule has 0 saturated carbocycles. The molecular weight excluding hydrogens is 240 g/mol. The Morgan fingerprint density at radius 3 is 2.33 bits per heavy atom. The van der Waals surface area contributed by atoms with Crippen LogP contribution in [0.5, 0.6) is 0 Å². The van der Waals surface area contributed by atoms with Gasteiger partial charge in [-0.1, -0.05) is 50.8 Å². The highest BCUT2D eigenvalue weighted by molar-refractivity contribution is 6.67. The lowest BCUT2D eigenvalue weighted by atomic mass is 10.1. The second-order valence-electron chi connectivity index (χ2n) is 4.24. The van der Waals surface area contributed by atoms with Gasteiger partial charge in [0.1, 0.15) is 0 Å². The van der Waals surface area contributed by atoms with Gasteiger partial charge in [0, 0.05) is 6.61 Å². The van der Waals surface area contributed by atoms with Gasteiger partial charge in [-0.15, -0.1) is 0 Å². The Bertz CT molecular complexity index is 373. The molecule has 1 aromatic rings. The van der Waals surface area contributed by atoms with Crippen molar-refractivity contribution in [2.45, 2.75) is 39.5 Å². The van der Waals surface area contributed by atoms with Crippen molar-refractivity contribution in [2.24, 2.45) is 0 Å². The highest BCUT2D eigenvalue weighted by Gasteiger charge is 2.33. The van der Waals surface area contributed by atoms with E-state index in [1.165, 1.54) is 5.56 Å². The van der Waals surface area contributed by atoms with Gasteiger partial charge in [0.2, 0.25) is 0 Å². The molecule has 0 heterocycles. The Kier molecular flexibility index (Phi) is 6.33. The molecule has 0 radical (unpaired) electrons. The minimum absolute atomic E-state index is 0.621. The van der Waals surface area contributed by atoms with Crippen LogP contribution in [0.4, 0.5) is 0 Å². The molecule has 1 aromatic carbocycles. The van der Waals surface area contributed by atoms with Gasteiger partial charge in [-0.05, 0) is 30.1 Å². The maximum absolute atomic E-state index is 6.17. The average molecular weight is 264 g/mol. The van der Waals surface area contributed by atoms with Gasteiger partial charge in [-0.3, -0.25) is 0 Å². The van der Waals surface area contributed by atoms with E-state index in [4.69, 9.17) is 8.85 Å². The SMILES string of the molecule is C=Cc1ccccc1CO[Si](CC)(CC)OCC. The standard InChI is InChI=1S/C15H24O2Si/c1-5-14-11-9-10-12-15(14)13-17-18(7-3,8-4)16-6-2/h5,9-12H,1,6-8,13H2,2-4H3. The third-order valence-electron chi connectivity index (χ3n) is 3.25. The van der Waals surface area contributed by atoms with Crippen LogP contribution in [0.15, 0.2) is 30.8 Å². The number of benzene rings is 1. The third-order valence-corrected chi connectivity index (χ3v) is 6.89. The van der Waals surface area contributed by atoms with Crippen LogP contribution in [0.3, 0.4) is 0 Å². The molecule has 2 nitrogen and oxygen atoms in total. The van der Waals surface area contributed by atoms with Crippen molar-refractivity contribution in [3.8, 4) is 0 Å². The minimum Gasteiger partial charge on any atom is -0.394 e. The fraction of sp³-hybridized carbons (Fsp3) is 0.467. The third kappa shape index (κ3) is 3.80. The van der Waals surface area contributed by atoms with Crippen LogP contribution in [-0.4, -0.2) is 15.2 Å². The van der Waals surface area contributed by atoms with Gasteiger partial charge >= 0.3 is 8.56 Å². The van der Waals surface area contributed by atoms with Gasteiger partial charge in [-0.2, -0.15) is 0 Å². The van der Waals surface area contributed by atoms with Crippen LogP contribution in [0.2, 0.25) is 12.1 Å². The molecule has 0 aromatic heterocycles. The van der Waals surface area contributed by atoms with Gasteiger partial charge in [0.05, 0.1) is 6.61 Å². The maximum Gasteiger partial charge on any atom is 0.337 e. The largest absolute Gasteiger partial charge is 0.394 e. The molecule has 0 fully saturated rings. The van der Waals surface area contributed by atoms with Crippen molar-refractivity contribution >= 4 is 14.6 Å². The van der Waals surface area contributed by atoms with E-state index < -0.39 is 8.56 Å². The fourth-order valence-corrected chi connectivity index (χ4v) is 4.38.